The number of aromatic nitrogens is 2. The van der Waals surface area contributed by atoms with Gasteiger partial charge in [-0.2, -0.15) is 0 Å². The van der Waals surface area contributed by atoms with Crippen molar-refractivity contribution in [3.63, 3.8) is 0 Å². The Morgan fingerprint density at radius 1 is 1.41 bits per heavy atom. The number of aliphatic hydroxyl groups excluding tert-OH is 1. The molecular formula is C11H20N2O3S. The Hall–Kier alpha value is -0.560. The lowest BCUT2D eigenvalue weighted by Gasteiger charge is -2.04. The molecule has 0 spiro atoms. The quantitative estimate of drug-likeness (QED) is 0.531. The lowest BCUT2D eigenvalue weighted by molar-refractivity contribution is 0.0713. The van der Waals surface area contributed by atoms with Crippen LogP contribution in [0.25, 0.3) is 0 Å². The average molecular weight is 260 g/mol. The van der Waals surface area contributed by atoms with Crippen molar-refractivity contribution >= 4 is 11.8 Å². The summed E-state index contributed by atoms with van der Waals surface area (Å²) >= 11 is 1.68. The number of methoxy groups -OCH3 is 1. The standard InChI is InChI=1S/C11H20N2O3S/c1-13-10(9-14)8-12-11(13)17-7-3-4-16-6-5-15-2/h8,14H,3-7,9H2,1-2H3. The zero-order valence-corrected chi connectivity index (χ0v) is 11.2. The predicted octanol–water partition coefficient (Wildman–Crippen LogP) is 1.06. The second-order valence-corrected chi connectivity index (χ2v) is 4.62. The highest BCUT2D eigenvalue weighted by molar-refractivity contribution is 7.99. The van der Waals surface area contributed by atoms with Crippen LogP contribution in [0.4, 0.5) is 0 Å². The summed E-state index contributed by atoms with van der Waals surface area (Å²) in [4.78, 5) is 4.24. The topological polar surface area (TPSA) is 56.5 Å². The van der Waals surface area contributed by atoms with Crippen LogP contribution in [0.2, 0.25) is 0 Å². The fourth-order valence-corrected chi connectivity index (χ4v) is 2.16. The van der Waals surface area contributed by atoms with E-state index < -0.39 is 0 Å². The zero-order chi connectivity index (χ0) is 12.5. The van der Waals surface area contributed by atoms with Gasteiger partial charge in [-0.15, -0.1) is 0 Å². The van der Waals surface area contributed by atoms with Gasteiger partial charge in [-0.05, 0) is 6.42 Å². The van der Waals surface area contributed by atoms with Gasteiger partial charge in [-0.1, -0.05) is 11.8 Å². The predicted molar refractivity (Wildman–Crippen MR) is 67.2 cm³/mol. The van der Waals surface area contributed by atoms with E-state index in [1.54, 1.807) is 25.1 Å². The molecule has 0 amide bonds. The van der Waals surface area contributed by atoms with Crippen LogP contribution < -0.4 is 0 Å². The van der Waals surface area contributed by atoms with Crippen molar-refractivity contribution in [2.24, 2.45) is 7.05 Å². The van der Waals surface area contributed by atoms with E-state index in [0.717, 1.165) is 29.6 Å². The molecule has 0 saturated carbocycles. The second kappa shape index (κ2) is 8.52. The van der Waals surface area contributed by atoms with Gasteiger partial charge in [0.2, 0.25) is 0 Å². The summed E-state index contributed by atoms with van der Waals surface area (Å²) in [5, 5.41) is 9.96. The Labute approximate surface area is 106 Å². The van der Waals surface area contributed by atoms with Crippen molar-refractivity contribution in [2.45, 2.75) is 18.2 Å². The van der Waals surface area contributed by atoms with Gasteiger partial charge >= 0.3 is 0 Å². The minimum Gasteiger partial charge on any atom is -0.390 e. The van der Waals surface area contributed by atoms with E-state index in [4.69, 9.17) is 14.6 Å². The van der Waals surface area contributed by atoms with Crippen molar-refractivity contribution in [1.29, 1.82) is 0 Å². The van der Waals surface area contributed by atoms with Crippen LogP contribution in [0, 0.1) is 0 Å². The maximum Gasteiger partial charge on any atom is 0.167 e. The van der Waals surface area contributed by atoms with Crippen molar-refractivity contribution in [3.05, 3.63) is 11.9 Å². The highest BCUT2D eigenvalue weighted by atomic mass is 32.2. The van der Waals surface area contributed by atoms with E-state index >= 15 is 0 Å². The number of ether oxygens (including phenoxy) is 2. The zero-order valence-electron chi connectivity index (χ0n) is 10.4. The molecule has 5 nitrogen and oxygen atoms in total. The molecular weight excluding hydrogens is 240 g/mol. The van der Waals surface area contributed by atoms with Gasteiger partial charge < -0.3 is 19.1 Å². The van der Waals surface area contributed by atoms with E-state index in [9.17, 15) is 0 Å². The lowest BCUT2D eigenvalue weighted by atomic mass is 10.5. The molecule has 1 rings (SSSR count). The summed E-state index contributed by atoms with van der Waals surface area (Å²) in [6.45, 7) is 2.07. The minimum absolute atomic E-state index is 0.0319. The first-order valence-electron chi connectivity index (χ1n) is 5.60. The summed E-state index contributed by atoms with van der Waals surface area (Å²) in [6.07, 6.45) is 2.69. The van der Waals surface area contributed by atoms with Crippen molar-refractivity contribution < 1.29 is 14.6 Å². The van der Waals surface area contributed by atoms with E-state index in [2.05, 4.69) is 4.98 Å². The van der Waals surface area contributed by atoms with Crippen LogP contribution in [0.1, 0.15) is 12.1 Å². The van der Waals surface area contributed by atoms with Crippen molar-refractivity contribution in [2.75, 3.05) is 32.7 Å². The van der Waals surface area contributed by atoms with Crippen molar-refractivity contribution in [3.8, 4) is 0 Å². The second-order valence-electron chi connectivity index (χ2n) is 3.56. The number of thioether (sulfide) groups is 1. The molecule has 0 saturated heterocycles. The molecule has 0 atom stereocenters. The largest absolute Gasteiger partial charge is 0.390 e. The molecule has 0 aromatic carbocycles. The first-order chi connectivity index (χ1) is 8.29. The van der Waals surface area contributed by atoms with Crippen LogP contribution >= 0.6 is 11.8 Å². The normalized spacial score (nSPS) is 11.0. The monoisotopic (exact) mass is 260 g/mol. The van der Waals surface area contributed by atoms with Gasteiger partial charge in [0.25, 0.3) is 0 Å². The Kier molecular flexibility index (Phi) is 7.27. The van der Waals surface area contributed by atoms with Crippen molar-refractivity contribution in [1.82, 2.24) is 9.55 Å². The van der Waals surface area contributed by atoms with Crippen LogP contribution in [0.3, 0.4) is 0 Å². The molecule has 1 heterocycles. The van der Waals surface area contributed by atoms with Gasteiger partial charge in [0.15, 0.2) is 5.16 Å². The summed E-state index contributed by atoms with van der Waals surface area (Å²) in [5.41, 5.74) is 0.837. The Morgan fingerprint density at radius 2 is 2.24 bits per heavy atom. The number of nitrogens with zero attached hydrogens (tertiary/aromatic N) is 2. The van der Waals surface area contributed by atoms with Gasteiger partial charge in [0, 0.05) is 26.5 Å². The molecule has 98 valence electrons. The summed E-state index contributed by atoms with van der Waals surface area (Å²) in [6, 6.07) is 0. The van der Waals surface area contributed by atoms with E-state index in [1.165, 1.54) is 0 Å². The molecule has 17 heavy (non-hydrogen) atoms. The van der Waals surface area contributed by atoms with Gasteiger partial charge in [-0.3, -0.25) is 0 Å². The molecule has 0 aliphatic rings. The van der Waals surface area contributed by atoms with Crippen LogP contribution in [-0.4, -0.2) is 47.3 Å². The summed E-state index contributed by atoms with van der Waals surface area (Å²) in [7, 11) is 3.58. The first-order valence-corrected chi connectivity index (χ1v) is 6.59. The molecule has 0 radical (unpaired) electrons. The summed E-state index contributed by atoms with van der Waals surface area (Å²) in [5.74, 6) is 0.961. The third-order valence-electron chi connectivity index (χ3n) is 2.30. The number of imidazole rings is 1. The molecule has 0 aliphatic carbocycles. The van der Waals surface area contributed by atoms with Crippen LogP contribution in [0.5, 0.6) is 0 Å². The molecule has 1 aromatic rings. The molecule has 0 unspecified atom stereocenters. The van der Waals surface area contributed by atoms with Gasteiger partial charge in [0.1, 0.15) is 0 Å². The Balaban J connectivity index is 2.11. The lowest BCUT2D eigenvalue weighted by Crippen LogP contribution is -2.04. The SMILES string of the molecule is COCCOCCCSc1ncc(CO)n1C. The minimum atomic E-state index is 0.0319. The third kappa shape index (κ3) is 5.08. The number of hydrogen-bond donors (Lipinski definition) is 1. The van der Waals surface area contributed by atoms with Crippen LogP contribution in [-0.2, 0) is 23.1 Å². The van der Waals surface area contributed by atoms with E-state index in [1.807, 2.05) is 11.6 Å². The highest BCUT2D eigenvalue weighted by Crippen LogP contribution is 2.17. The van der Waals surface area contributed by atoms with Gasteiger partial charge in [0.05, 0.1) is 31.7 Å². The number of hydrogen-bond acceptors (Lipinski definition) is 5. The third-order valence-corrected chi connectivity index (χ3v) is 3.43. The van der Waals surface area contributed by atoms with E-state index in [0.29, 0.717) is 13.2 Å². The molecule has 0 aliphatic heterocycles. The molecule has 6 heteroatoms. The fourth-order valence-electron chi connectivity index (χ4n) is 1.28. The maximum atomic E-state index is 9.02. The molecule has 0 bridgehead atoms. The van der Waals surface area contributed by atoms with E-state index in [-0.39, 0.29) is 6.61 Å². The van der Waals surface area contributed by atoms with Gasteiger partial charge in [-0.25, -0.2) is 4.98 Å². The number of rotatable bonds is 9. The highest BCUT2D eigenvalue weighted by Gasteiger charge is 2.05. The van der Waals surface area contributed by atoms with Crippen LogP contribution in [0.15, 0.2) is 11.4 Å². The summed E-state index contributed by atoms with van der Waals surface area (Å²) < 4.78 is 12.2. The fraction of sp³-hybridized carbons (Fsp3) is 0.727. The first kappa shape index (κ1) is 14.5. The Bertz CT molecular complexity index is 318. The molecule has 0 fully saturated rings. The molecule has 1 N–H and O–H groups in total. The number of aliphatic hydroxyl groups is 1. The Morgan fingerprint density at radius 3 is 2.88 bits per heavy atom. The smallest absolute Gasteiger partial charge is 0.167 e. The maximum absolute atomic E-state index is 9.02. The molecule has 1 aromatic heterocycles. The average Bonchev–Trinajstić information content (AvgIpc) is 2.69.